The molecule has 3 aliphatic rings. The number of nitrogens with one attached hydrogen (secondary N) is 1. The number of imidazole rings is 1. The van der Waals surface area contributed by atoms with E-state index in [0.717, 1.165) is 27.3 Å². The molecule has 2 fully saturated rings. The number of aryl methyl sites for hydroxylation is 3. The fraction of sp³-hybridized carbons (Fsp3) is 0.431. The molecule has 0 saturated heterocycles. The van der Waals surface area contributed by atoms with Gasteiger partial charge in [-0.25, -0.2) is 27.4 Å². The Bertz CT molecular complexity index is 3300. The molecule has 7 aromatic rings. The Kier molecular flexibility index (Phi) is 11.1. The summed E-state index contributed by atoms with van der Waals surface area (Å²) in [5, 5.41) is 10.8. The molecule has 0 bridgehead atoms. The highest BCUT2D eigenvalue weighted by atomic mass is 31.2. The Labute approximate surface area is 391 Å². The van der Waals surface area contributed by atoms with Crippen molar-refractivity contribution in [1.82, 2.24) is 38.5 Å². The first-order chi connectivity index (χ1) is 32.4. The number of fused-ring (bicyclic) bond motifs is 2. The third-order valence-corrected chi connectivity index (χ3v) is 18.7. The van der Waals surface area contributed by atoms with Crippen LogP contribution in [0, 0.1) is 25.6 Å². The minimum Gasteiger partial charge on any atom is -0.330 e. The van der Waals surface area contributed by atoms with E-state index in [2.05, 4.69) is 10.1 Å². The average molecular weight is 949 g/mol. The number of carbonyl (C=O) groups excluding carboxylic acids is 1. The third kappa shape index (κ3) is 7.18. The van der Waals surface area contributed by atoms with Crippen LogP contribution in [0.3, 0.4) is 0 Å². The quantitative estimate of drug-likeness (QED) is 0.127. The van der Waals surface area contributed by atoms with Crippen molar-refractivity contribution in [3.63, 3.8) is 0 Å². The Morgan fingerprint density at radius 1 is 0.926 bits per heavy atom. The highest BCUT2D eigenvalue weighted by molar-refractivity contribution is 7.71. The zero-order chi connectivity index (χ0) is 48.2. The van der Waals surface area contributed by atoms with Gasteiger partial charge in [0.15, 0.2) is 5.82 Å². The topological polar surface area (TPSA) is 146 Å². The Morgan fingerprint density at radius 2 is 1.62 bits per heavy atom. The highest BCUT2D eigenvalue weighted by Gasteiger charge is 2.59. The fourth-order valence-electron chi connectivity index (χ4n) is 11.3. The fourth-order valence-corrected chi connectivity index (χ4v) is 13.5. The molecule has 2 aliphatic carbocycles. The smallest absolute Gasteiger partial charge is 0.330 e. The van der Waals surface area contributed by atoms with Gasteiger partial charge >= 0.3 is 11.4 Å². The molecule has 356 valence electrons. The Balaban J connectivity index is 1.10. The van der Waals surface area contributed by atoms with Crippen LogP contribution in [0.2, 0.25) is 0 Å². The molecule has 2 saturated carbocycles. The van der Waals surface area contributed by atoms with E-state index in [0.29, 0.717) is 95.5 Å². The van der Waals surface area contributed by atoms with Crippen LogP contribution in [0.1, 0.15) is 129 Å². The Hall–Kier alpha value is -6.15. The number of benzene rings is 3. The third-order valence-electron chi connectivity index (χ3n) is 15.3. The van der Waals surface area contributed by atoms with Gasteiger partial charge in [-0.2, -0.15) is 5.10 Å². The predicted molar refractivity (Wildman–Crippen MR) is 255 cm³/mol. The minimum absolute atomic E-state index is 0.0492. The van der Waals surface area contributed by atoms with Gasteiger partial charge < -0.3 is 14.0 Å². The molecule has 4 aromatic heterocycles. The second kappa shape index (κ2) is 16.5. The molecule has 3 aromatic carbocycles. The van der Waals surface area contributed by atoms with Crippen LogP contribution in [0.25, 0.3) is 28.1 Å². The number of hydrogen-bond acceptors (Lipinski definition) is 7. The lowest BCUT2D eigenvalue weighted by atomic mass is 9.82. The van der Waals surface area contributed by atoms with Crippen molar-refractivity contribution in [1.29, 1.82) is 0 Å². The second-order valence-corrected chi connectivity index (χ2v) is 22.7. The zero-order valence-corrected chi connectivity index (χ0v) is 40.3. The van der Waals surface area contributed by atoms with Gasteiger partial charge in [0.2, 0.25) is 5.92 Å². The molecule has 0 spiro atoms. The van der Waals surface area contributed by atoms with E-state index in [1.54, 1.807) is 52.5 Å². The molecular formula is C51H56F3N8O5P. The molecule has 1 aliphatic heterocycles. The molecule has 0 radical (unpaired) electrons. The number of H-pyrrole nitrogens is 1. The van der Waals surface area contributed by atoms with E-state index in [9.17, 15) is 22.9 Å². The number of aromatic amines is 1. The van der Waals surface area contributed by atoms with Gasteiger partial charge in [0.1, 0.15) is 30.0 Å². The van der Waals surface area contributed by atoms with E-state index in [-0.39, 0.29) is 42.9 Å². The first-order valence-electron chi connectivity index (χ1n) is 23.8. The van der Waals surface area contributed by atoms with Gasteiger partial charge in [0.05, 0.1) is 23.1 Å². The van der Waals surface area contributed by atoms with Crippen molar-refractivity contribution < 1.29 is 27.1 Å². The van der Waals surface area contributed by atoms with Crippen molar-refractivity contribution in [3.8, 4) is 17.2 Å². The van der Waals surface area contributed by atoms with E-state index in [4.69, 9.17) is 9.62 Å². The monoisotopic (exact) mass is 948 g/mol. The number of hydrogen-bond donors (Lipinski definition) is 1. The first-order valence-corrected chi connectivity index (χ1v) is 25.8. The second-order valence-electron chi connectivity index (χ2n) is 19.2. The van der Waals surface area contributed by atoms with E-state index >= 15 is 9.18 Å². The number of nitrogens with zero attached hydrogens (tertiary/aromatic N) is 7. The van der Waals surface area contributed by atoms with Crippen LogP contribution >= 0.6 is 7.14 Å². The summed E-state index contributed by atoms with van der Waals surface area (Å²) in [5.41, 5.74) is 4.92. The number of halogens is 3. The van der Waals surface area contributed by atoms with Crippen molar-refractivity contribution in [2.75, 3.05) is 18.9 Å². The maximum atomic E-state index is 15.5. The predicted octanol–water partition coefficient (Wildman–Crippen LogP) is 9.63. The summed E-state index contributed by atoms with van der Waals surface area (Å²) in [5.74, 6) is -3.43. The number of amides is 1. The van der Waals surface area contributed by atoms with Crippen molar-refractivity contribution in [2.45, 2.75) is 117 Å². The van der Waals surface area contributed by atoms with Crippen molar-refractivity contribution >= 4 is 29.3 Å². The molecule has 68 heavy (non-hydrogen) atoms. The summed E-state index contributed by atoms with van der Waals surface area (Å²) in [7, 11) is -2.61. The summed E-state index contributed by atoms with van der Waals surface area (Å²) in [4.78, 5) is 47.4. The average Bonchev–Trinajstić information content (AvgIpc) is 3.82. The van der Waals surface area contributed by atoms with Crippen LogP contribution < -0.4 is 16.8 Å². The van der Waals surface area contributed by atoms with Crippen molar-refractivity contribution in [3.05, 3.63) is 139 Å². The molecule has 10 rings (SSSR count). The maximum Gasteiger partial charge on any atom is 0.438 e. The number of carbonyl (C=O) groups is 1. The lowest BCUT2D eigenvalue weighted by Gasteiger charge is -2.34. The summed E-state index contributed by atoms with van der Waals surface area (Å²) in [6, 6.07) is 16.1. The van der Waals surface area contributed by atoms with Gasteiger partial charge in [-0.15, -0.1) is 0 Å². The van der Waals surface area contributed by atoms with Gasteiger partial charge in [0.25, 0.3) is 5.91 Å². The summed E-state index contributed by atoms with van der Waals surface area (Å²) in [6.45, 7) is 13.5. The normalized spacial score (nSPS) is 20.6. The van der Waals surface area contributed by atoms with Crippen LogP contribution in [-0.2, 0) is 22.9 Å². The lowest BCUT2D eigenvalue weighted by Crippen LogP contribution is -2.41. The minimum atomic E-state index is -2.68. The molecule has 1 amide bonds. The zero-order valence-electron chi connectivity index (χ0n) is 39.4. The molecule has 3 atom stereocenters. The number of aromatic nitrogens is 7. The highest BCUT2D eigenvalue weighted by Crippen LogP contribution is 2.56. The SMILES string of the molecule is CCc1cc(-n2ccn(-c3c4c(nn3-c3cc(C)c(F)c(C)c3)CCN(C(=O)c3cc5cc(C6CCC(F)(F)CC6)ccc5n3C3(c5noc(=O)[nH]5)CC3C)C4C)c2=O)ccc1P(=O)(CC)CC. The van der Waals surface area contributed by atoms with Gasteiger partial charge in [-0.3, -0.25) is 23.4 Å². The summed E-state index contributed by atoms with van der Waals surface area (Å²) < 4.78 is 69.3. The molecule has 13 nitrogen and oxygen atoms in total. The van der Waals surface area contributed by atoms with E-state index in [1.807, 2.05) is 81.7 Å². The molecule has 3 unspecified atom stereocenters. The summed E-state index contributed by atoms with van der Waals surface area (Å²) in [6.07, 6.45) is 6.32. The van der Waals surface area contributed by atoms with E-state index < -0.39 is 36.1 Å². The van der Waals surface area contributed by atoms with E-state index in [1.165, 1.54) is 4.57 Å². The molecule has 1 N–H and O–H groups in total. The lowest BCUT2D eigenvalue weighted by molar-refractivity contribution is -0.0382. The largest absolute Gasteiger partial charge is 0.438 e. The van der Waals surface area contributed by atoms with Crippen LogP contribution in [0.15, 0.2) is 81.1 Å². The molecule has 17 heteroatoms. The van der Waals surface area contributed by atoms with Crippen molar-refractivity contribution in [2.24, 2.45) is 5.92 Å². The summed E-state index contributed by atoms with van der Waals surface area (Å²) >= 11 is 0. The first kappa shape index (κ1) is 45.6. The van der Waals surface area contributed by atoms with Crippen LogP contribution in [-0.4, -0.2) is 69.2 Å². The Morgan fingerprint density at radius 3 is 2.25 bits per heavy atom. The molecule has 5 heterocycles. The van der Waals surface area contributed by atoms with Gasteiger partial charge in [-0.1, -0.05) is 38.9 Å². The number of alkyl halides is 2. The van der Waals surface area contributed by atoms with Crippen LogP contribution in [0.5, 0.6) is 0 Å². The standard InChI is InChI=1S/C51H56F3N8O5P/c1-8-33-26-37(12-14-42(33)68(66,9-2)10-3)59-21-22-60(49(59)65)45-43-32(7)58(20-17-39(43)56-62(45)38-23-29(4)44(52)30(5)24-38)46(63)41-27-36-25-35(34-15-18-50(53,54)19-16-34)11-13-40(36)61(41)51(28-31(51)6)47-55-48(64)67-57-47/h11-14,21-27,31-32,34H,8-10,15-20,28H2,1-7H3,(H,55,57,64). The van der Waals surface area contributed by atoms with Crippen LogP contribution in [0.4, 0.5) is 13.2 Å². The number of rotatable bonds is 11. The van der Waals surface area contributed by atoms with Gasteiger partial charge in [-0.05, 0) is 129 Å². The maximum absolute atomic E-state index is 15.5. The van der Waals surface area contributed by atoms with Gasteiger partial charge in [0, 0.05) is 72.3 Å². The molecular weight excluding hydrogens is 893 g/mol.